The fraction of sp³-hybridized carbons (Fsp3) is 0.517. The summed E-state index contributed by atoms with van der Waals surface area (Å²) in [4.78, 5) is 55.3. The van der Waals surface area contributed by atoms with Crippen LogP contribution in [0.25, 0.3) is 5.76 Å². The molecule has 1 fully saturated rings. The number of rotatable bonds is 6. The van der Waals surface area contributed by atoms with Gasteiger partial charge in [0.05, 0.1) is 23.8 Å². The van der Waals surface area contributed by atoms with E-state index in [4.69, 9.17) is 23.3 Å². The van der Waals surface area contributed by atoms with E-state index in [-0.39, 0.29) is 41.7 Å². The highest BCUT2D eigenvalue weighted by atomic mass is 32.3. The fourth-order valence-electron chi connectivity index (χ4n) is 6.33. The minimum Gasteiger partial charge on any atom is -0.508 e. The summed E-state index contributed by atoms with van der Waals surface area (Å²) in [5.74, 6) is -7.79. The predicted octanol–water partition coefficient (Wildman–Crippen LogP) is -0.296. The minimum absolute atomic E-state index is 0.00158. The Morgan fingerprint density at radius 2 is 1.64 bits per heavy atom. The van der Waals surface area contributed by atoms with Gasteiger partial charge in [-0.2, -0.15) is 8.42 Å². The number of aliphatic hydroxyl groups is 3. The third-order valence-corrected chi connectivity index (χ3v) is 8.23. The molecule has 47 heavy (non-hydrogen) atoms. The third kappa shape index (κ3) is 7.26. The van der Waals surface area contributed by atoms with Gasteiger partial charge >= 0.3 is 10.4 Å². The maximum absolute atomic E-state index is 14.0. The number of carbonyl (C=O) groups excluding carboxylic acids is 4. The number of primary amides is 1. The number of hydrogen-bond acceptors (Lipinski definition) is 13. The number of carbonyl (C=O) groups is 4. The number of anilines is 2. The zero-order chi connectivity index (χ0) is 36.1. The maximum atomic E-state index is 14.0. The molecule has 260 valence electrons. The highest BCUT2D eigenvalue weighted by Gasteiger charge is 2.64. The van der Waals surface area contributed by atoms with Crippen LogP contribution in [0.3, 0.4) is 0 Å². The van der Waals surface area contributed by atoms with Gasteiger partial charge in [-0.1, -0.05) is 0 Å². The normalized spacial score (nSPS) is 24.2. The van der Waals surface area contributed by atoms with Gasteiger partial charge in [0, 0.05) is 36.8 Å². The van der Waals surface area contributed by atoms with E-state index in [2.05, 4.69) is 10.6 Å². The fourth-order valence-corrected chi connectivity index (χ4v) is 6.33. The number of phenolic OH excluding ortho intramolecular Hbond substituents is 1. The number of Topliss-reactive ketones (excluding diaryl/α,β-unsaturated/α-hetero) is 2. The Bertz CT molecular complexity index is 1690. The molecule has 0 aliphatic heterocycles. The number of nitrogens with one attached hydrogen (secondary N) is 2. The van der Waals surface area contributed by atoms with Crippen molar-refractivity contribution in [3.05, 3.63) is 34.1 Å². The van der Waals surface area contributed by atoms with E-state index in [1.165, 1.54) is 4.90 Å². The first-order valence-corrected chi connectivity index (χ1v) is 15.7. The molecule has 0 radical (unpaired) electrons. The van der Waals surface area contributed by atoms with Gasteiger partial charge in [0.25, 0.3) is 5.91 Å². The van der Waals surface area contributed by atoms with E-state index >= 15 is 0 Å². The number of aromatic hydroxyl groups is 1. The van der Waals surface area contributed by atoms with Crippen LogP contribution in [0.4, 0.5) is 11.4 Å². The Hall–Kier alpha value is -4.07. The molecule has 10 N–H and O–H groups in total. The molecule has 0 aromatic heterocycles. The number of amides is 2. The lowest BCUT2D eigenvalue weighted by Crippen LogP contribution is -2.65. The Balaban J connectivity index is 0.00000111. The molecular weight excluding hydrogens is 642 g/mol. The maximum Gasteiger partial charge on any atom is 0.394 e. The summed E-state index contributed by atoms with van der Waals surface area (Å²) in [6, 6.07) is 0.409. The van der Waals surface area contributed by atoms with Crippen LogP contribution in [0.2, 0.25) is 0 Å². The quantitative estimate of drug-likeness (QED) is 0.106. The molecule has 1 saturated carbocycles. The molecule has 2 amide bonds. The molecule has 1 aromatic rings. The highest BCUT2D eigenvalue weighted by Crippen LogP contribution is 2.54. The Morgan fingerprint density at radius 3 is 2.11 bits per heavy atom. The van der Waals surface area contributed by atoms with E-state index < -0.39 is 80.1 Å². The Kier molecular flexibility index (Phi) is 10.2. The van der Waals surface area contributed by atoms with E-state index in [1.807, 2.05) is 20.8 Å². The van der Waals surface area contributed by atoms with Crippen molar-refractivity contribution in [1.82, 2.24) is 10.2 Å². The molecule has 0 bridgehead atoms. The highest BCUT2D eigenvalue weighted by molar-refractivity contribution is 7.79. The van der Waals surface area contributed by atoms with E-state index in [0.717, 1.165) is 0 Å². The largest absolute Gasteiger partial charge is 0.508 e. The van der Waals surface area contributed by atoms with Crippen LogP contribution in [-0.2, 0) is 36.0 Å². The minimum atomic E-state index is -4.67. The molecule has 18 heteroatoms. The second-order valence-corrected chi connectivity index (χ2v) is 14.0. The van der Waals surface area contributed by atoms with Gasteiger partial charge in [-0.3, -0.25) is 33.2 Å². The number of aliphatic hydroxyl groups excluding tert-OH is 2. The van der Waals surface area contributed by atoms with Crippen molar-refractivity contribution in [1.29, 1.82) is 0 Å². The number of nitrogens with two attached hydrogens (primary N) is 1. The van der Waals surface area contributed by atoms with Crippen LogP contribution in [-0.4, -0.2) is 118 Å². The molecule has 2 unspecified atom stereocenters. The first-order valence-electron chi connectivity index (χ1n) is 14.3. The standard InChI is InChI=1S/C29H39N5O8.H2O4S/c1-28(2,3)31-11-17(35)32-15-10-16(33(4)5)13-8-12-9-14-21(34(6)7)24(38)20(27(30)41)26(40)29(14,42)25(39)18(12)23(37)19(13)22(15)36;1-5(2,3)4/h10,12,14,21,31,36-37,40,42H,8-9,11H2,1-7H3,(H2,30,41)(H,32,35);(H2,1,2,3,4)/t12?,14?,21-,29-;/m0./s1. The molecular formula is C29H41N5O12S. The first kappa shape index (κ1) is 37.4. The molecule has 0 saturated heterocycles. The van der Waals surface area contributed by atoms with Crippen molar-refractivity contribution in [3.8, 4) is 5.75 Å². The lowest BCUT2D eigenvalue weighted by atomic mass is 9.57. The lowest BCUT2D eigenvalue weighted by molar-refractivity contribution is -0.153. The summed E-state index contributed by atoms with van der Waals surface area (Å²) in [5, 5.41) is 51.3. The van der Waals surface area contributed by atoms with Crippen molar-refractivity contribution in [2.45, 2.75) is 50.8 Å². The number of ketones is 2. The second kappa shape index (κ2) is 12.9. The third-order valence-electron chi connectivity index (χ3n) is 8.23. The van der Waals surface area contributed by atoms with Crippen molar-refractivity contribution in [2.24, 2.45) is 17.6 Å². The molecule has 17 nitrogen and oxygen atoms in total. The van der Waals surface area contributed by atoms with Gasteiger partial charge in [0.1, 0.15) is 22.8 Å². The number of hydrogen-bond donors (Lipinski definition) is 9. The van der Waals surface area contributed by atoms with Crippen molar-refractivity contribution in [3.63, 3.8) is 0 Å². The zero-order valence-corrected chi connectivity index (χ0v) is 27.8. The SMILES string of the molecule is CN(C)c1cc(NC(=O)CNC(C)(C)C)c(O)c2c1CC1CC3[C@H](N(C)C)C(=O)C(C(N)=O)=C(O)[C@@]3(O)C(=O)C1=C2O.O=S(=O)(O)O. The average Bonchev–Trinajstić information content (AvgIpc) is 2.89. The van der Waals surface area contributed by atoms with Crippen molar-refractivity contribution in [2.75, 3.05) is 45.0 Å². The summed E-state index contributed by atoms with van der Waals surface area (Å²) < 4.78 is 31.6. The second-order valence-electron chi connectivity index (χ2n) is 13.1. The molecule has 3 aliphatic carbocycles. The lowest BCUT2D eigenvalue weighted by Gasteiger charge is -2.50. The average molecular weight is 684 g/mol. The van der Waals surface area contributed by atoms with Gasteiger partial charge in [-0.15, -0.1) is 0 Å². The Morgan fingerprint density at radius 1 is 1.09 bits per heavy atom. The number of phenols is 1. The summed E-state index contributed by atoms with van der Waals surface area (Å²) in [6.07, 6.45) is 0.117. The topological polar surface area (TPSA) is 280 Å². The van der Waals surface area contributed by atoms with Crippen molar-refractivity contribution < 1.29 is 57.1 Å². The zero-order valence-electron chi connectivity index (χ0n) is 26.9. The summed E-state index contributed by atoms with van der Waals surface area (Å²) in [6.45, 7) is 5.62. The van der Waals surface area contributed by atoms with Gasteiger partial charge in [0.2, 0.25) is 11.7 Å². The molecule has 0 spiro atoms. The van der Waals surface area contributed by atoms with Crippen LogP contribution < -0.4 is 21.3 Å². The van der Waals surface area contributed by atoms with Gasteiger partial charge < -0.3 is 41.7 Å². The predicted molar refractivity (Wildman–Crippen MR) is 169 cm³/mol. The van der Waals surface area contributed by atoms with Crippen LogP contribution in [0.1, 0.15) is 38.3 Å². The van der Waals surface area contributed by atoms with Gasteiger partial charge in [-0.05, 0) is 65.3 Å². The van der Waals surface area contributed by atoms with Crippen LogP contribution in [0, 0.1) is 11.8 Å². The molecule has 4 atom stereocenters. The monoisotopic (exact) mass is 683 g/mol. The summed E-state index contributed by atoms with van der Waals surface area (Å²) in [7, 11) is 1.91. The van der Waals surface area contributed by atoms with E-state index in [1.54, 1.807) is 39.2 Å². The molecule has 4 rings (SSSR count). The molecule has 1 aromatic carbocycles. The summed E-state index contributed by atoms with van der Waals surface area (Å²) >= 11 is 0. The summed E-state index contributed by atoms with van der Waals surface area (Å²) in [5.41, 5.74) is 2.11. The van der Waals surface area contributed by atoms with Gasteiger partial charge in [0.15, 0.2) is 11.4 Å². The first-order chi connectivity index (χ1) is 21.3. The molecule has 3 aliphatic rings. The van der Waals surface area contributed by atoms with Crippen LogP contribution >= 0.6 is 0 Å². The molecule has 0 heterocycles. The number of benzene rings is 1. The van der Waals surface area contributed by atoms with Crippen LogP contribution in [0.5, 0.6) is 5.75 Å². The Labute approximate surface area is 271 Å². The van der Waals surface area contributed by atoms with E-state index in [0.29, 0.717) is 11.3 Å². The van der Waals surface area contributed by atoms with E-state index in [9.17, 15) is 39.6 Å². The smallest absolute Gasteiger partial charge is 0.394 e. The number of fused-ring (bicyclic) bond motifs is 3. The van der Waals surface area contributed by atoms with Crippen LogP contribution in [0.15, 0.2) is 23.0 Å². The number of nitrogens with zero attached hydrogens (tertiary/aromatic N) is 2. The van der Waals surface area contributed by atoms with Gasteiger partial charge in [-0.25, -0.2) is 0 Å². The van der Waals surface area contributed by atoms with Crippen molar-refractivity contribution >= 4 is 50.9 Å². The number of likely N-dealkylation sites (N-methyl/N-ethyl adjacent to an activating group) is 1.